The standard InChI is InChI=1S/C15H16N4/c1-19(2)12-5-3-4-10(8-12)15-17-13-7-6-11(16)9-14(13)18-15/h3-9H,16H2,1-2H3,(H,17,18). The largest absolute Gasteiger partial charge is 0.399 e. The van der Waals surface area contributed by atoms with Gasteiger partial charge in [0.2, 0.25) is 0 Å². The third-order valence-corrected chi connectivity index (χ3v) is 3.14. The molecule has 0 aliphatic rings. The van der Waals surface area contributed by atoms with E-state index in [1.54, 1.807) is 0 Å². The van der Waals surface area contributed by atoms with Gasteiger partial charge in [-0.05, 0) is 30.3 Å². The highest BCUT2D eigenvalue weighted by Crippen LogP contribution is 2.24. The molecule has 0 fully saturated rings. The Morgan fingerprint density at radius 1 is 1.11 bits per heavy atom. The van der Waals surface area contributed by atoms with Crippen molar-refractivity contribution >= 4 is 22.4 Å². The van der Waals surface area contributed by atoms with Gasteiger partial charge in [0.15, 0.2) is 0 Å². The molecule has 0 radical (unpaired) electrons. The van der Waals surface area contributed by atoms with Gasteiger partial charge in [0.25, 0.3) is 0 Å². The molecule has 3 aromatic rings. The molecule has 0 spiro atoms. The maximum absolute atomic E-state index is 5.78. The van der Waals surface area contributed by atoms with Crippen LogP contribution in [0.15, 0.2) is 42.5 Å². The number of imidazole rings is 1. The summed E-state index contributed by atoms with van der Waals surface area (Å²) < 4.78 is 0. The minimum Gasteiger partial charge on any atom is -0.399 e. The number of aromatic amines is 1. The minimum absolute atomic E-state index is 0.741. The van der Waals surface area contributed by atoms with Crippen LogP contribution in [0.25, 0.3) is 22.4 Å². The molecule has 4 heteroatoms. The van der Waals surface area contributed by atoms with Crippen molar-refractivity contribution in [1.29, 1.82) is 0 Å². The molecule has 0 aliphatic carbocycles. The van der Waals surface area contributed by atoms with Gasteiger partial charge in [-0.2, -0.15) is 0 Å². The number of aromatic nitrogens is 2. The molecule has 2 aromatic carbocycles. The average molecular weight is 252 g/mol. The molecule has 0 saturated carbocycles. The molecule has 19 heavy (non-hydrogen) atoms. The Balaban J connectivity index is 2.11. The van der Waals surface area contributed by atoms with Crippen molar-refractivity contribution in [3.05, 3.63) is 42.5 Å². The molecule has 3 N–H and O–H groups in total. The zero-order chi connectivity index (χ0) is 13.4. The van der Waals surface area contributed by atoms with Crippen LogP contribution in [0, 0.1) is 0 Å². The zero-order valence-electron chi connectivity index (χ0n) is 11.0. The highest BCUT2D eigenvalue weighted by molar-refractivity contribution is 5.82. The van der Waals surface area contributed by atoms with Crippen LogP contribution in [0.3, 0.4) is 0 Å². The van der Waals surface area contributed by atoms with Crippen molar-refractivity contribution in [2.45, 2.75) is 0 Å². The SMILES string of the molecule is CN(C)c1cccc(-c2nc3ccc(N)cc3[nH]2)c1. The van der Waals surface area contributed by atoms with E-state index < -0.39 is 0 Å². The molecule has 4 nitrogen and oxygen atoms in total. The molecular formula is C15H16N4. The van der Waals surface area contributed by atoms with E-state index in [1.165, 1.54) is 0 Å². The fourth-order valence-electron chi connectivity index (χ4n) is 2.10. The third kappa shape index (κ3) is 2.12. The van der Waals surface area contributed by atoms with Gasteiger partial charge in [-0.1, -0.05) is 12.1 Å². The summed E-state index contributed by atoms with van der Waals surface area (Å²) in [7, 11) is 4.05. The van der Waals surface area contributed by atoms with Crippen LogP contribution in [-0.4, -0.2) is 24.1 Å². The molecule has 1 heterocycles. The Labute approximate surface area is 111 Å². The van der Waals surface area contributed by atoms with E-state index in [9.17, 15) is 0 Å². The van der Waals surface area contributed by atoms with E-state index in [1.807, 2.05) is 44.4 Å². The van der Waals surface area contributed by atoms with Crippen molar-refractivity contribution in [1.82, 2.24) is 9.97 Å². The highest BCUT2D eigenvalue weighted by atomic mass is 15.1. The fraction of sp³-hybridized carbons (Fsp3) is 0.133. The van der Waals surface area contributed by atoms with Gasteiger partial charge in [-0.3, -0.25) is 0 Å². The lowest BCUT2D eigenvalue weighted by molar-refractivity contribution is 1.13. The van der Waals surface area contributed by atoms with Crippen LogP contribution in [0.4, 0.5) is 11.4 Å². The van der Waals surface area contributed by atoms with Crippen LogP contribution in [0.2, 0.25) is 0 Å². The summed E-state index contributed by atoms with van der Waals surface area (Å²) in [6.45, 7) is 0. The lowest BCUT2D eigenvalue weighted by Gasteiger charge is -2.12. The second-order valence-corrected chi connectivity index (χ2v) is 4.81. The fourth-order valence-corrected chi connectivity index (χ4v) is 2.10. The summed E-state index contributed by atoms with van der Waals surface area (Å²) >= 11 is 0. The molecule has 3 rings (SSSR count). The Kier molecular flexibility index (Phi) is 2.63. The van der Waals surface area contributed by atoms with E-state index in [0.717, 1.165) is 33.8 Å². The number of H-pyrrole nitrogens is 1. The normalized spacial score (nSPS) is 10.8. The first-order valence-corrected chi connectivity index (χ1v) is 6.16. The van der Waals surface area contributed by atoms with Gasteiger partial charge < -0.3 is 15.6 Å². The van der Waals surface area contributed by atoms with Gasteiger partial charge in [0, 0.05) is 31.0 Å². The molecule has 96 valence electrons. The average Bonchev–Trinajstić information content (AvgIpc) is 2.81. The first-order chi connectivity index (χ1) is 9.13. The first kappa shape index (κ1) is 11.6. The monoisotopic (exact) mass is 252 g/mol. The maximum atomic E-state index is 5.78. The summed E-state index contributed by atoms with van der Waals surface area (Å²) in [5, 5.41) is 0. The van der Waals surface area contributed by atoms with Crippen LogP contribution < -0.4 is 10.6 Å². The summed E-state index contributed by atoms with van der Waals surface area (Å²) in [5.74, 6) is 0.865. The van der Waals surface area contributed by atoms with E-state index in [2.05, 4.69) is 27.0 Å². The molecule has 0 amide bonds. The third-order valence-electron chi connectivity index (χ3n) is 3.14. The van der Waals surface area contributed by atoms with E-state index >= 15 is 0 Å². The number of nitrogens with zero attached hydrogens (tertiary/aromatic N) is 2. The predicted octanol–water partition coefficient (Wildman–Crippen LogP) is 2.88. The number of benzene rings is 2. The van der Waals surface area contributed by atoms with Gasteiger partial charge in [0.05, 0.1) is 11.0 Å². The lowest BCUT2D eigenvalue weighted by atomic mass is 10.2. The topological polar surface area (TPSA) is 57.9 Å². The minimum atomic E-state index is 0.741. The van der Waals surface area contributed by atoms with Crippen molar-refractivity contribution in [3.8, 4) is 11.4 Å². The summed E-state index contributed by atoms with van der Waals surface area (Å²) in [4.78, 5) is 9.98. The van der Waals surface area contributed by atoms with E-state index in [0.29, 0.717) is 0 Å². The lowest BCUT2D eigenvalue weighted by Crippen LogP contribution is -2.08. The molecule has 0 saturated heterocycles. The highest BCUT2D eigenvalue weighted by Gasteiger charge is 2.06. The van der Waals surface area contributed by atoms with Crippen LogP contribution >= 0.6 is 0 Å². The van der Waals surface area contributed by atoms with Crippen molar-refractivity contribution in [3.63, 3.8) is 0 Å². The Hall–Kier alpha value is -2.49. The van der Waals surface area contributed by atoms with Gasteiger partial charge in [-0.25, -0.2) is 4.98 Å². The molecule has 0 bridgehead atoms. The quantitative estimate of drug-likeness (QED) is 0.689. The smallest absolute Gasteiger partial charge is 0.138 e. The van der Waals surface area contributed by atoms with Crippen molar-refractivity contribution < 1.29 is 0 Å². The number of anilines is 2. The maximum Gasteiger partial charge on any atom is 0.138 e. The Bertz CT molecular complexity index is 728. The van der Waals surface area contributed by atoms with Crippen LogP contribution in [0.5, 0.6) is 0 Å². The number of fused-ring (bicyclic) bond motifs is 1. The van der Waals surface area contributed by atoms with Crippen LogP contribution in [-0.2, 0) is 0 Å². The number of hydrogen-bond acceptors (Lipinski definition) is 3. The number of hydrogen-bond donors (Lipinski definition) is 2. The van der Waals surface area contributed by atoms with Crippen molar-refractivity contribution in [2.24, 2.45) is 0 Å². The zero-order valence-corrected chi connectivity index (χ0v) is 11.0. The summed E-state index contributed by atoms with van der Waals surface area (Å²) in [5.41, 5.74) is 10.6. The molecular weight excluding hydrogens is 236 g/mol. The molecule has 0 unspecified atom stereocenters. The van der Waals surface area contributed by atoms with Gasteiger partial charge in [-0.15, -0.1) is 0 Å². The summed E-state index contributed by atoms with van der Waals surface area (Å²) in [6, 6.07) is 14.0. The van der Waals surface area contributed by atoms with Gasteiger partial charge in [0.1, 0.15) is 5.82 Å². The molecule has 1 aromatic heterocycles. The van der Waals surface area contributed by atoms with E-state index in [-0.39, 0.29) is 0 Å². The molecule has 0 aliphatic heterocycles. The number of nitrogens with two attached hydrogens (primary N) is 1. The van der Waals surface area contributed by atoms with Crippen molar-refractivity contribution in [2.75, 3.05) is 24.7 Å². The summed E-state index contributed by atoms with van der Waals surface area (Å²) in [6.07, 6.45) is 0. The van der Waals surface area contributed by atoms with Crippen LogP contribution in [0.1, 0.15) is 0 Å². The Morgan fingerprint density at radius 3 is 2.74 bits per heavy atom. The number of rotatable bonds is 2. The second kappa shape index (κ2) is 4.31. The van der Waals surface area contributed by atoms with E-state index in [4.69, 9.17) is 5.73 Å². The second-order valence-electron chi connectivity index (χ2n) is 4.81. The number of nitrogen functional groups attached to an aromatic ring is 1. The Morgan fingerprint density at radius 2 is 1.95 bits per heavy atom. The number of nitrogens with one attached hydrogen (secondary N) is 1. The molecule has 0 atom stereocenters. The first-order valence-electron chi connectivity index (χ1n) is 6.16. The van der Waals surface area contributed by atoms with Gasteiger partial charge >= 0.3 is 0 Å². The predicted molar refractivity (Wildman–Crippen MR) is 80.3 cm³/mol.